The Hall–Kier alpha value is -3.95. The number of amides is 2. The Morgan fingerprint density at radius 2 is 1.81 bits per heavy atom. The van der Waals surface area contributed by atoms with E-state index in [1.165, 1.54) is 4.80 Å². The van der Waals surface area contributed by atoms with Gasteiger partial charge in [-0.15, -0.1) is 10.2 Å². The van der Waals surface area contributed by atoms with Crippen LogP contribution < -0.4 is 19.7 Å². The van der Waals surface area contributed by atoms with Crippen molar-refractivity contribution in [3.63, 3.8) is 0 Å². The van der Waals surface area contributed by atoms with Crippen molar-refractivity contribution in [1.29, 1.82) is 0 Å². The zero-order chi connectivity index (χ0) is 25.5. The molecule has 0 spiro atoms. The Kier molecular flexibility index (Phi) is 8.14. The van der Waals surface area contributed by atoms with Gasteiger partial charge in [0.2, 0.25) is 11.7 Å². The highest BCUT2D eigenvalue weighted by Crippen LogP contribution is 2.30. The third-order valence-corrected chi connectivity index (χ3v) is 6.38. The number of methoxy groups -OCH3 is 2. The molecule has 4 rings (SSSR count). The number of nitrogens with zero attached hydrogens (tertiary/aromatic N) is 5. The molecule has 0 aliphatic heterocycles. The summed E-state index contributed by atoms with van der Waals surface area (Å²) in [6.45, 7) is 1.74. The lowest BCUT2D eigenvalue weighted by atomic mass is 10.1. The Bertz CT molecular complexity index is 1180. The number of para-hydroxylation sites is 1. The summed E-state index contributed by atoms with van der Waals surface area (Å²) in [5.41, 5.74) is 1.32. The number of aromatic nitrogens is 4. The van der Waals surface area contributed by atoms with E-state index < -0.39 is 6.04 Å². The summed E-state index contributed by atoms with van der Waals surface area (Å²) < 4.78 is 10.6. The van der Waals surface area contributed by atoms with E-state index in [1.807, 2.05) is 37.3 Å². The van der Waals surface area contributed by atoms with Crippen molar-refractivity contribution >= 4 is 17.5 Å². The van der Waals surface area contributed by atoms with Gasteiger partial charge in [0.25, 0.3) is 5.91 Å². The Morgan fingerprint density at radius 3 is 2.47 bits per heavy atom. The predicted octanol–water partition coefficient (Wildman–Crippen LogP) is 3.23. The highest BCUT2D eigenvalue weighted by Gasteiger charge is 2.32. The smallest absolute Gasteiger partial charge is 0.251 e. The molecule has 1 heterocycles. The molecule has 2 amide bonds. The van der Waals surface area contributed by atoms with Gasteiger partial charge in [-0.3, -0.25) is 14.5 Å². The lowest BCUT2D eigenvalue weighted by Crippen LogP contribution is -2.52. The predicted molar refractivity (Wildman–Crippen MR) is 135 cm³/mol. The van der Waals surface area contributed by atoms with Crippen molar-refractivity contribution in [3.05, 3.63) is 48.5 Å². The lowest BCUT2D eigenvalue weighted by Gasteiger charge is -2.31. The summed E-state index contributed by atoms with van der Waals surface area (Å²) in [7, 11) is 3.11. The van der Waals surface area contributed by atoms with Crippen LogP contribution in [0.15, 0.2) is 48.5 Å². The van der Waals surface area contributed by atoms with E-state index in [-0.39, 0.29) is 24.4 Å². The van der Waals surface area contributed by atoms with Crippen LogP contribution in [0.5, 0.6) is 11.5 Å². The van der Waals surface area contributed by atoms with Crippen molar-refractivity contribution in [2.24, 2.45) is 0 Å². The summed E-state index contributed by atoms with van der Waals surface area (Å²) >= 11 is 0. The van der Waals surface area contributed by atoms with E-state index in [0.29, 0.717) is 35.0 Å². The fourth-order valence-corrected chi connectivity index (χ4v) is 4.54. The second-order valence-corrected chi connectivity index (χ2v) is 8.73. The average molecular weight is 493 g/mol. The van der Waals surface area contributed by atoms with Crippen LogP contribution in [0.1, 0.15) is 39.0 Å². The van der Waals surface area contributed by atoms with E-state index >= 15 is 0 Å². The number of anilines is 1. The zero-order valence-corrected chi connectivity index (χ0v) is 20.9. The summed E-state index contributed by atoms with van der Waals surface area (Å²) in [5.74, 6) is 1.03. The molecule has 10 nitrogen and oxygen atoms in total. The van der Waals surface area contributed by atoms with Crippen LogP contribution in [-0.2, 0) is 16.1 Å². The number of ether oxygens (including phenoxy) is 2. The lowest BCUT2D eigenvalue weighted by molar-refractivity contribution is -0.127. The van der Waals surface area contributed by atoms with Gasteiger partial charge in [-0.2, -0.15) is 4.80 Å². The number of benzene rings is 2. The highest BCUT2D eigenvalue weighted by molar-refractivity contribution is 6.00. The first-order chi connectivity index (χ1) is 17.5. The van der Waals surface area contributed by atoms with Crippen molar-refractivity contribution in [1.82, 2.24) is 25.5 Å². The minimum absolute atomic E-state index is 0.140. The van der Waals surface area contributed by atoms with Gasteiger partial charge in [-0.25, -0.2) is 0 Å². The van der Waals surface area contributed by atoms with Gasteiger partial charge >= 0.3 is 0 Å². The van der Waals surface area contributed by atoms with Crippen LogP contribution in [0.3, 0.4) is 0 Å². The monoisotopic (exact) mass is 492 g/mol. The van der Waals surface area contributed by atoms with Gasteiger partial charge in [0.1, 0.15) is 12.6 Å². The van der Waals surface area contributed by atoms with Crippen molar-refractivity contribution in [2.45, 2.75) is 57.7 Å². The van der Waals surface area contributed by atoms with Crippen molar-refractivity contribution in [3.8, 4) is 22.9 Å². The fourth-order valence-electron chi connectivity index (χ4n) is 4.54. The second-order valence-electron chi connectivity index (χ2n) is 8.73. The van der Waals surface area contributed by atoms with Crippen LogP contribution in [0.2, 0.25) is 0 Å². The largest absolute Gasteiger partial charge is 0.493 e. The maximum absolute atomic E-state index is 13.6. The topological polar surface area (TPSA) is 111 Å². The number of hydrogen-bond acceptors (Lipinski definition) is 7. The van der Waals surface area contributed by atoms with Gasteiger partial charge < -0.3 is 14.8 Å². The number of tetrazole rings is 1. The summed E-state index contributed by atoms with van der Waals surface area (Å²) in [4.78, 5) is 29.6. The minimum atomic E-state index is -0.644. The number of carbonyl (C=O) groups excluding carboxylic acids is 2. The molecule has 1 N–H and O–H groups in total. The minimum Gasteiger partial charge on any atom is -0.493 e. The average Bonchev–Trinajstić information content (AvgIpc) is 3.59. The van der Waals surface area contributed by atoms with E-state index in [2.05, 4.69) is 20.7 Å². The fraction of sp³-hybridized carbons (Fsp3) is 0.423. The molecule has 3 aromatic rings. The molecule has 0 radical (unpaired) electrons. The van der Waals surface area contributed by atoms with E-state index in [9.17, 15) is 9.59 Å². The molecule has 190 valence electrons. The standard InChI is InChI=1S/C26H32N6O4/c1-4-21(26(34)27-19-10-8-9-11-19)32(20-12-6-5-7-13-20)24(33)17-31-29-25(28-30-31)18-14-15-22(35-2)23(16-18)36-3/h5-7,12-16,19,21H,4,8-11,17H2,1-3H3,(H,27,34)/t21-/m1/s1. The SMILES string of the molecule is CC[C@H](C(=O)NC1CCCC1)N(C(=O)Cn1nnc(-c2ccc(OC)c(OC)c2)n1)c1ccccc1. The van der Waals surface area contributed by atoms with Crippen LogP contribution in [0, 0.1) is 0 Å². The molecular formula is C26H32N6O4. The Labute approximate surface area is 210 Å². The Balaban J connectivity index is 1.55. The third kappa shape index (κ3) is 5.64. The van der Waals surface area contributed by atoms with Gasteiger partial charge in [0, 0.05) is 17.3 Å². The van der Waals surface area contributed by atoms with Crippen LogP contribution in [0.25, 0.3) is 11.4 Å². The van der Waals surface area contributed by atoms with Crippen LogP contribution in [-0.4, -0.2) is 58.3 Å². The quantitative estimate of drug-likeness (QED) is 0.462. The number of nitrogens with one attached hydrogen (secondary N) is 1. The first kappa shape index (κ1) is 25.2. The molecule has 0 unspecified atom stereocenters. The normalized spacial score (nSPS) is 14.3. The summed E-state index contributed by atoms with van der Waals surface area (Å²) in [6.07, 6.45) is 4.65. The third-order valence-electron chi connectivity index (χ3n) is 6.38. The Morgan fingerprint density at radius 1 is 1.08 bits per heavy atom. The highest BCUT2D eigenvalue weighted by atomic mass is 16.5. The van der Waals surface area contributed by atoms with E-state index in [0.717, 1.165) is 25.7 Å². The molecule has 1 aliphatic carbocycles. The van der Waals surface area contributed by atoms with Gasteiger partial charge in [-0.05, 0) is 54.8 Å². The van der Waals surface area contributed by atoms with Gasteiger partial charge in [0.15, 0.2) is 11.5 Å². The zero-order valence-electron chi connectivity index (χ0n) is 20.9. The maximum Gasteiger partial charge on any atom is 0.251 e. The molecule has 0 bridgehead atoms. The first-order valence-electron chi connectivity index (χ1n) is 12.2. The van der Waals surface area contributed by atoms with E-state index in [4.69, 9.17) is 9.47 Å². The second kappa shape index (κ2) is 11.7. The van der Waals surface area contributed by atoms with Crippen LogP contribution >= 0.6 is 0 Å². The molecule has 2 aromatic carbocycles. The summed E-state index contributed by atoms with van der Waals surface area (Å²) in [5, 5.41) is 15.7. The van der Waals surface area contributed by atoms with Gasteiger partial charge in [-0.1, -0.05) is 38.0 Å². The van der Waals surface area contributed by atoms with Crippen LogP contribution in [0.4, 0.5) is 5.69 Å². The van der Waals surface area contributed by atoms with Crippen molar-refractivity contribution < 1.29 is 19.1 Å². The molecule has 1 saturated carbocycles. The molecule has 1 aliphatic rings. The number of rotatable bonds is 10. The first-order valence-corrected chi connectivity index (χ1v) is 12.2. The van der Waals surface area contributed by atoms with Gasteiger partial charge in [0.05, 0.1) is 14.2 Å². The van der Waals surface area contributed by atoms with Crippen molar-refractivity contribution in [2.75, 3.05) is 19.1 Å². The number of hydrogen-bond donors (Lipinski definition) is 1. The van der Waals surface area contributed by atoms with E-state index in [1.54, 1.807) is 37.3 Å². The molecule has 1 atom stereocenters. The molecule has 0 saturated heterocycles. The number of carbonyl (C=O) groups is 2. The maximum atomic E-state index is 13.6. The molecule has 1 fully saturated rings. The molecule has 1 aromatic heterocycles. The molecular weight excluding hydrogens is 460 g/mol. The molecule has 10 heteroatoms. The molecule has 36 heavy (non-hydrogen) atoms. The summed E-state index contributed by atoms with van der Waals surface area (Å²) in [6, 6.07) is 14.0.